The topological polar surface area (TPSA) is 74.6 Å². The summed E-state index contributed by atoms with van der Waals surface area (Å²) >= 11 is 0. The van der Waals surface area contributed by atoms with Crippen LogP contribution in [0.3, 0.4) is 0 Å². The second-order valence-electron chi connectivity index (χ2n) is 8.44. The SMILES string of the molecule is C[C@]12CC[C@H]3[C@@H](CCC4=CC(=O)CC[C@@]43CO)[C@@H]1C[C@@H](O)C2=O. The molecule has 0 aromatic rings. The van der Waals surface area contributed by atoms with E-state index in [0.29, 0.717) is 24.7 Å². The second kappa shape index (κ2) is 5.00. The summed E-state index contributed by atoms with van der Waals surface area (Å²) in [6, 6.07) is 0. The van der Waals surface area contributed by atoms with Gasteiger partial charge in [0.1, 0.15) is 6.10 Å². The zero-order valence-electron chi connectivity index (χ0n) is 13.8. The van der Waals surface area contributed by atoms with E-state index in [-0.39, 0.29) is 34.9 Å². The molecule has 2 N–H and O–H groups in total. The summed E-state index contributed by atoms with van der Waals surface area (Å²) in [6.45, 7) is 2.14. The van der Waals surface area contributed by atoms with Crippen LogP contribution in [-0.2, 0) is 9.59 Å². The maximum Gasteiger partial charge on any atom is 0.167 e. The molecule has 0 saturated heterocycles. The number of aliphatic hydroxyl groups is 2. The number of aliphatic hydroxyl groups excluding tert-OH is 2. The smallest absolute Gasteiger partial charge is 0.167 e. The molecule has 0 heterocycles. The Kier molecular flexibility index (Phi) is 3.37. The van der Waals surface area contributed by atoms with Gasteiger partial charge in [-0.05, 0) is 62.4 Å². The maximum absolute atomic E-state index is 12.5. The summed E-state index contributed by atoms with van der Waals surface area (Å²) in [7, 11) is 0. The van der Waals surface area contributed by atoms with Crippen LogP contribution in [0, 0.1) is 28.6 Å². The number of fused-ring (bicyclic) bond motifs is 5. The normalized spacial score (nSPS) is 49.3. The molecule has 23 heavy (non-hydrogen) atoms. The number of ketones is 2. The molecule has 126 valence electrons. The summed E-state index contributed by atoms with van der Waals surface area (Å²) in [4.78, 5) is 24.3. The van der Waals surface area contributed by atoms with Gasteiger partial charge >= 0.3 is 0 Å². The fourth-order valence-electron chi connectivity index (χ4n) is 6.45. The Morgan fingerprint density at radius 1 is 1.17 bits per heavy atom. The zero-order valence-corrected chi connectivity index (χ0v) is 13.8. The van der Waals surface area contributed by atoms with E-state index in [9.17, 15) is 19.8 Å². The number of rotatable bonds is 1. The average Bonchev–Trinajstić information content (AvgIpc) is 2.78. The molecule has 0 aromatic heterocycles. The Hall–Kier alpha value is -1.00. The van der Waals surface area contributed by atoms with Crippen LogP contribution in [0.2, 0.25) is 0 Å². The van der Waals surface area contributed by atoms with Crippen molar-refractivity contribution in [3.8, 4) is 0 Å². The van der Waals surface area contributed by atoms with Crippen molar-refractivity contribution < 1.29 is 19.8 Å². The molecular formula is C19H26O4. The van der Waals surface area contributed by atoms with Crippen molar-refractivity contribution >= 4 is 11.6 Å². The van der Waals surface area contributed by atoms with E-state index < -0.39 is 6.10 Å². The van der Waals surface area contributed by atoms with Gasteiger partial charge in [-0.25, -0.2) is 0 Å². The molecule has 4 aliphatic carbocycles. The summed E-state index contributed by atoms with van der Waals surface area (Å²) in [5.74, 6) is 1.17. The van der Waals surface area contributed by atoms with Gasteiger partial charge < -0.3 is 10.2 Å². The van der Waals surface area contributed by atoms with Gasteiger partial charge in [0.05, 0.1) is 6.61 Å². The Bertz CT molecular complexity index is 594. The number of Topliss-reactive ketones (excluding diaryl/α,β-unsaturated/α-hetero) is 1. The molecule has 0 radical (unpaired) electrons. The highest BCUT2D eigenvalue weighted by Gasteiger charge is 2.62. The van der Waals surface area contributed by atoms with Gasteiger partial charge in [-0.1, -0.05) is 12.5 Å². The molecule has 0 aromatic carbocycles. The molecule has 6 atom stereocenters. The number of hydrogen-bond donors (Lipinski definition) is 2. The molecule has 3 fully saturated rings. The van der Waals surface area contributed by atoms with Gasteiger partial charge in [0.25, 0.3) is 0 Å². The van der Waals surface area contributed by atoms with Crippen LogP contribution in [0.15, 0.2) is 11.6 Å². The monoisotopic (exact) mass is 318 g/mol. The first-order chi connectivity index (χ1) is 10.9. The predicted molar refractivity (Wildman–Crippen MR) is 84.5 cm³/mol. The summed E-state index contributed by atoms with van der Waals surface area (Å²) in [6.07, 6.45) is 6.38. The molecule has 4 heteroatoms. The highest BCUT2D eigenvalue weighted by atomic mass is 16.3. The van der Waals surface area contributed by atoms with Crippen LogP contribution >= 0.6 is 0 Å². The minimum atomic E-state index is -0.807. The van der Waals surface area contributed by atoms with E-state index in [1.165, 1.54) is 0 Å². The molecule has 0 spiro atoms. The van der Waals surface area contributed by atoms with E-state index in [4.69, 9.17) is 0 Å². The highest BCUT2D eigenvalue weighted by molar-refractivity contribution is 5.92. The fraction of sp³-hybridized carbons (Fsp3) is 0.789. The Morgan fingerprint density at radius 3 is 2.70 bits per heavy atom. The van der Waals surface area contributed by atoms with Gasteiger partial charge in [-0.2, -0.15) is 0 Å². The van der Waals surface area contributed by atoms with Crippen molar-refractivity contribution in [1.29, 1.82) is 0 Å². The minimum Gasteiger partial charge on any atom is -0.395 e. The quantitative estimate of drug-likeness (QED) is 0.776. The third-order valence-electron chi connectivity index (χ3n) is 7.70. The Morgan fingerprint density at radius 2 is 1.96 bits per heavy atom. The second-order valence-corrected chi connectivity index (χ2v) is 8.44. The standard InChI is InChI=1S/C19H26O4/c1-18-6-5-14-13(15(18)9-16(22)17(18)23)3-2-11-8-12(21)4-7-19(11,14)10-20/h8,13-16,20,22H,2-7,9-10H2,1H3/t13-,14+,15+,16-,18+,19-/m1/s1. The van der Waals surface area contributed by atoms with E-state index in [1.54, 1.807) is 6.08 Å². The van der Waals surface area contributed by atoms with Crippen LogP contribution in [0.25, 0.3) is 0 Å². The molecule has 0 bridgehead atoms. The number of hydrogen-bond acceptors (Lipinski definition) is 4. The third kappa shape index (κ3) is 1.91. The Balaban J connectivity index is 1.73. The molecule has 0 aliphatic heterocycles. The average molecular weight is 318 g/mol. The first kappa shape index (κ1) is 15.5. The van der Waals surface area contributed by atoms with E-state index >= 15 is 0 Å². The first-order valence-electron chi connectivity index (χ1n) is 8.99. The lowest BCUT2D eigenvalue weighted by atomic mass is 9.47. The van der Waals surface area contributed by atoms with Crippen molar-refractivity contribution in [2.45, 2.75) is 58.0 Å². The van der Waals surface area contributed by atoms with Crippen LogP contribution in [0.4, 0.5) is 0 Å². The zero-order chi connectivity index (χ0) is 16.4. The lowest BCUT2D eigenvalue weighted by Gasteiger charge is -2.57. The van der Waals surface area contributed by atoms with Crippen LogP contribution in [0.1, 0.15) is 51.9 Å². The molecule has 4 rings (SSSR count). The number of carbonyl (C=O) groups excluding carboxylic acids is 2. The predicted octanol–water partition coefficient (Wildman–Crippen LogP) is 2.03. The largest absolute Gasteiger partial charge is 0.395 e. The first-order valence-corrected chi connectivity index (χ1v) is 8.99. The fourth-order valence-corrected chi connectivity index (χ4v) is 6.45. The molecule has 4 nitrogen and oxygen atoms in total. The number of carbonyl (C=O) groups is 2. The van der Waals surface area contributed by atoms with Crippen molar-refractivity contribution in [1.82, 2.24) is 0 Å². The van der Waals surface area contributed by atoms with E-state index in [1.807, 2.05) is 6.92 Å². The van der Waals surface area contributed by atoms with Gasteiger partial charge in [-0.3, -0.25) is 9.59 Å². The van der Waals surface area contributed by atoms with Crippen molar-refractivity contribution in [3.05, 3.63) is 11.6 Å². The van der Waals surface area contributed by atoms with Crippen molar-refractivity contribution in [2.75, 3.05) is 6.61 Å². The lowest BCUT2D eigenvalue weighted by molar-refractivity contribution is -0.138. The molecule has 4 aliphatic rings. The maximum atomic E-state index is 12.5. The lowest BCUT2D eigenvalue weighted by Crippen LogP contribution is -2.53. The van der Waals surface area contributed by atoms with Crippen LogP contribution in [-0.4, -0.2) is 34.5 Å². The molecule has 0 amide bonds. The summed E-state index contributed by atoms with van der Waals surface area (Å²) in [5, 5.41) is 20.4. The molecular weight excluding hydrogens is 292 g/mol. The van der Waals surface area contributed by atoms with Crippen molar-refractivity contribution in [2.24, 2.45) is 28.6 Å². The van der Waals surface area contributed by atoms with E-state index in [0.717, 1.165) is 37.7 Å². The van der Waals surface area contributed by atoms with Gasteiger partial charge in [0.2, 0.25) is 0 Å². The minimum absolute atomic E-state index is 0.0270. The summed E-state index contributed by atoms with van der Waals surface area (Å²) < 4.78 is 0. The highest BCUT2D eigenvalue weighted by Crippen LogP contribution is 2.64. The third-order valence-corrected chi connectivity index (χ3v) is 7.70. The summed E-state index contributed by atoms with van der Waals surface area (Å²) in [5.41, 5.74) is 0.503. The van der Waals surface area contributed by atoms with E-state index in [2.05, 4.69) is 0 Å². The van der Waals surface area contributed by atoms with Crippen LogP contribution in [0.5, 0.6) is 0 Å². The van der Waals surface area contributed by atoms with Crippen molar-refractivity contribution in [3.63, 3.8) is 0 Å². The van der Waals surface area contributed by atoms with Gasteiger partial charge in [0.15, 0.2) is 11.6 Å². The van der Waals surface area contributed by atoms with Gasteiger partial charge in [-0.15, -0.1) is 0 Å². The van der Waals surface area contributed by atoms with Crippen LogP contribution < -0.4 is 0 Å². The molecule has 0 unspecified atom stereocenters. The van der Waals surface area contributed by atoms with Gasteiger partial charge in [0, 0.05) is 17.3 Å². The molecule has 3 saturated carbocycles. The Labute approximate surface area is 137 Å².